The number of nitrogens with zero attached hydrogens (tertiary/aromatic N) is 2. The molecule has 0 saturated heterocycles. The van der Waals surface area contributed by atoms with Crippen molar-refractivity contribution in [3.63, 3.8) is 0 Å². The van der Waals surface area contributed by atoms with E-state index in [2.05, 4.69) is 31.5 Å². The van der Waals surface area contributed by atoms with Crippen LogP contribution in [0.5, 0.6) is 0 Å². The molecule has 2 amide bonds. The van der Waals surface area contributed by atoms with E-state index in [0.29, 0.717) is 9.73 Å². The molecule has 11 heteroatoms. The predicted octanol–water partition coefficient (Wildman–Crippen LogP) is 1.52. The molecule has 0 unspecified atom stereocenters. The molecule has 0 fully saturated rings. The van der Waals surface area contributed by atoms with Gasteiger partial charge in [-0.3, -0.25) is 9.59 Å². The van der Waals surface area contributed by atoms with Gasteiger partial charge in [-0.25, -0.2) is 17.7 Å². The molecule has 2 rings (SSSR count). The zero-order valence-electron chi connectivity index (χ0n) is 13.3. The number of halogens is 1. The molecule has 1 heterocycles. The Morgan fingerprint density at radius 1 is 1.32 bits per heavy atom. The first-order valence-electron chi connectivity index (χ1n) is 6.92. The number of anilines is 1. The summed E-state index contributed by atoms with van der Waals surface area (Å²) in [5.41, 5.74) is 0.146. The van der Waals surface area contributed by atoms with Crippen molar-refractivity contribution in [2.24, 2.45) is 0 Å². The van der Waals surface area contributed by atoms with E-state index in [1.54, 1.807) is 5.38 Å². The van der Waals surface area contributed by atoms with E-state index < -0.39 is 21.8 Å². The summed E-state index contributed by atoms with van der Waals surface area (Å²) in [5.74, 6) is -0.987. The molecule has 0 aliphatic heterocycles. The minimum absolute atomic E-state index is 0.00207. The van der Waals surface area contributed by atoms with Crippen LogP contribution in [-0.4, -0.2) is 50.2 Å². The lowest BCUT2D eigenvalue weighted by atomic mass is 10.2. The third kappa shape index (κ3) is 5.08. The van der Waals surface area contributed by atoms with E-state index in [0.717, 1.165) is 4.31 Å². The number of carbonyl (C=O) groups is 2. The van der Waals surface area contributed by atoms with Crippen molar-refractivity contribution in [2.75, 3.05) is 26.0 Å². The Bertz CT molecular complexity index is 896. The Morgan fingerprint density at radius 2 is 2.04 bits per heavy atom. The SMILES string of the molecule is CN(C)S(=O)(=O)c1cccc(C(=O)NCC(=O)Nc2nc(Br)cs2)c1. The van der Waals surface area contributed by atoms with E-state index in [1.807, 2.05) is 0 Å². The number of rotatable bonds is 6. The second kappa shape index (κ2) is 8.04. The summed E-state index contributed by atoms with van der Waals surface area (Å²) < 4.78 is 25.9. The highest BCUT2D eigenvalue weighted by Crippen LogP contribution is 2.19. The fraction of sp³-hybridized carbons (Fsp3) is 0.214. The number of aromatic nitrogens is 1. The summed E-state index contributed by atoms with van der Waals surface area (Å²) >= 11 is 4.42. The maximum atomic E-state index is 12.1. The highest BCUT2D eigenvalue weighted by Gasteiger charge is 2.19. The summed E-state index contributed by atoms with van der Waals surface area (Å²) in [4.78, 5) is 27.9. The second-order valence-electron chi connectivity index (χ2n) is 5.02. The van der Waals surface area contributed by atoms with Crippen LogP contribution in [0.4, 0.5) is 5.13 Å². The molecule has 25 heavy (non-hydrogen) atoms. The Hall–Kier alpha value is -1.82. The Kier molecular flexibility index (Phi) is 6.27. The standard InChI is InChI=1S/C14H15BrN4O4S2/c1-19(2)25(22,23)10-5-3-4-9(6-10)13(21)16-7-12(20)18-14-17-11(15)8-24-14/h3-6,8H,7H2,1-2H3,(H,16,21)(H,17,18,20). The topological polar surface area (TPSA) is 108 Å². The zero-order valence-corrected chi connectivity index (χ0v) is 16.5. The minimum Gasteiger partial charge on any atom is -0.343 e. The largest absolute Gasteiger partial charge is 0.343 e. The molecule has 2 aromatic rings. The van der Waals surface area contributed by atoms with Crippen molar-refractivity contribution in [3.05, 3.63) is 39.8 Å². The van der Waals surface area contributed by atoms with E-state index in [4.69, 9.17) is 0 Å². The van der Waals surface area contributed by atoms with Crippen molar-refractivity contribution < 1.29 is 18.0 Å². The summed E-state index contributed by atoms with van der Waals surface area (Å²) in [6, 6.07) is 5.61. The van der Waals surface area contributed by atoms with Gasteiger partial charge >= 0.3 is 0 Å². The maximum absolute atomic E-state index is 12.1. The number of hydrogen-bond donors (Lipinski definition) is 2. The van der Waals surface area contributed by atoms with Gasteiger partial charge in [-0.2, -0.15) is 0 Å². The summed E-state index contributed by atoms with van der Waals surface area (Å²) in [7, 11) is -0.828. The van der Waals surface area contributed by atoms with E-state index in [1.165, 1.54) is 49.7 Å². The van der Waals surface area contributed by atoms with Crippen LogP contribution in [0.2, 0.25) is 0 Å². The predicted molar refractivity (Wildman–Crippen MR) is 98.1 cm³/mol. The fourth-order valence-electron chi connectivity index (χ4n) is 1.75. The molecule has 1 aromatic carbocycles. The maximum Gasteiger partial charge on any atom is 0.251 e. The average Bonchev–Trinajstić information content (AvgIpc) is 2.97. The van der Waals surface area contributed by atoms with Crippen LogP contribution in [0, 0.1) is 0 Å². The van der Waals surface area contributed by atoms with Gasteiger partial charge in [0, 0.05) is 25.0 Å². The van der Waals surface area contributed by atoms with Gasteiger partial charge in [0.15, 0.2) is 5.13 Å². The van der Waals surface area contributed by atoms with Crippen molar-refractivity contribution in [2.45, 2.75) is 4.90 Å². The lowest BCUT2D eigenvalue weighted by molar-refractivity contribution is -0.115. The van der Waals surface area contributed by atoms with Crippen LogP contribution in [0.1, 0.15) is 10.4 Å². The third-order valence-electron chi connectivity index (χ3n) is 3.01. The smallest absolute Gasteiger partial charge is 0.251 e. The number of benzene rings is 1. The number of carbonyl (C=O) groups excluding carboxylic acids is 2. The van der Waals surface area contributed by atoms with Gasteiger partial charge in [0.1, 0.15) is 4.60 Å². The Labute approximate surface area is 157 Å². The van der Waals surface area contributed by atoms with Crippen LogP contribution >= 0.6 is 27.3 Å². The van der Waals surface area contributed by atoms with Gasteiger partial charge in [-0.15, -0.1) is 11.3 Å². The summed E-state index contributed by atoms with van der Waals surface area (Å²) in [6.45, 7) is -0.263. The molecular formula is C14H15BrN4O4S2. The molecule has 1 aromatic heterocycles. The van der Waals surface area contributed by atoms with Crippen molar-refractivity contribution in [1.29, 1.82) is 0 Å². The third-order valence-corrected chi connectivity index (χ3v) is 6.28. The van der Waals surface area contributed by atoms with Crippen LogP contribution in [0.15, 0.2) is 39.1 Å². The number of thiazole rings is 1. The number of sulfonamides is 1. The Balaban J connectivity index is 2.00. The molecule has 0 aliphatic carbocycles. The normalized spacial score (nSPS) is 11.4. The monoisotopic (exact) mass is 446 g/mol. The summed E-state index contributed by atoms with van der Waals surface area (Å²) in [6.07, 6.45) is 0. The van der Waals surface area contributed by atoms with Crippen molar-refractivity contribution >= 4 is 54.2 Å². The van der Waals surface area contributed by atoms with Gasteiger partial charge in [-0.05, 0) is 34.1 Å². The quantitative estimate of drug-likeness (QED) is 0.698. The van der Waals surface area contributed by atoms with E-state index in [9.17, 15) is 18.0 Å². The summed E-state index contributed by atoms with van der Waals surface area (Å²) in [5, 5.41) is 7.10. The molecule has 0 atom stereocenters. The molecule has 8 nitrogen and oxygen atoms in total. The van der Waals surface area contributed by atoms with E-state index in [-0.39, 0.29) is 17.0 Å². The highest BCUT2D eigenvalue weighted by molar-refractivity contribution is 9.10. The van der Waals surface area contributed by atoms with Crippen LogP contribution in [0.3, 0.4) is 0 Å². The average molecular weight is 447 g/mol. The lowest BCUT2D eigenvalue weighted by Gasteiger charge is -2.12. The molecule has 2 N–H and O–H groups in total. The van der Waals surface area contributed by atoms with Crippen LogP contribution in [0.25, 0.3) is 0 Å². The van der Waals surface area contributed by atoms with Gasteiger partial charge in [0.05, 0.1) is 11.4 Å². The van der Waals surface area contributed by atoms with E-state index >= 15 is 0 Å². The number of nitrogens with one attached hydrogen (secondary N) is 2. The second-order valence-corrected chi connectivity index (χ2v) is 8.84. The van der Waals surface area contributed by atoms with Crippen LogP contribution < -0.4 is 10.6 Å². The molecular weight excluding hydrogens is 432 g/mol. The minimum atomic E-state index is -3.64. The highest BCUT2D eigenvalue weighted by atomic mass is 79.9. The van der Waals surface area contributed by atoms with Crippen LogP contribution in [-0.2, 0) is 14.8 Å². The lowest BCUT2D eigenvalue weighted by Crippen LogP contribution is -2.33. The first-order valence-corrected chi connectivity index (χ1v) is 10.0. The first kappa shape index (κ1) is 19.5. The van der Waals surface area contributed by atoms with Gasteiger partial charge in [0.25, 0.3) is 5.91 Å². The molecule has 134 valence electrons. The van der Waals surface area contributed by atoms with Gasteiger partial charge < -0.3 is 10.6 Å². The number of amides is 2. The Morgan fingerprint density at radius 3 is 2.64 bits per heavy atom. The van der Waals surface area contributed by atoms with Gasteiger partial charge in [0.2, 0.25) is 15.9 Å². The zero-order chi connectivity index (χ0) is 18.6. The molecule has 0 spiro atoms. The first-order chi connectivity index (χ1) is 11.7. The van der Waals surface area contributed by atoms with Gasteiger partial charge in [-0.1, -0.05) is 6.07 Å². The molecule has 0 bridgehead atoms. The number of hydrogen-bond acceptors (Lipinski definition) is 6. The van der Waals surface area contributed by atoms with Crippen molar-refractivity contribution in [3.8, 4) is 0 Å². The molecule has 0 saturated carbocycles. The molecule has 0 aliphatic rings. The fourth-order valence-corrected chi connectivity index (χ4v) is 3.85. The van der Waals surface area contributed by atoms with Crippen molar-refractivity contribution in [1.82, 2.24) is 14.6 Å². The molecule has 0 radical (unpaired) electrons.